The number of carbonyl (C=O) groups excluding carboxylic acids is 1. The van der Waals surface area contributed by atoms with Crippen LogP contribution in [0.25, 0.3) is 0 Å². The quantitative estimate of drug-likeness (QED) is 0.679. The maximum absolute atomic E-state index is 12.2. The fourth-order valence-corrected chi connectivity index (χ4v) is 3.45. The molecular formula is C12H24N4O3S. The first-order valence-electron chi connectivity index (χ1n) is 7.13. The molecule has 2 aliphatic heterocycles. The summed E-state index contributed by atoms with van der Waals surface area (Å²) in [6.07, 6.45) is 2.28. The molecule has 8 heteroatoms. The van der Waals surface area contributed by atoms with Crippen LogP contribution in [0.1, 0.15) is 6.42 Å². The molecule has 0 aliphatic carbocycles. The fourth-order valence-electron chi connectivity index (χ4n) is 2.62. The van der Waals surface area contributed by atoms with E-state index in [2.05, 4.69) is 10.2 Å². The van der Waals surface area contributed by atoms with Crippen molar-refractivity contribution in [3.63, 3.8) is 0 Å². The zero-order valence-electron chi connectivity index (χ0n) is 12.0. The SMILES string of the molecule is CS(=O)(=O)N1CCN(C(=O)CN2CCCNCC2)CC1. The van der Waals surface area contributed by atoms with Crippen LogP contribution in [0.3, 0.4) is 0 Å². The van der Waals surface area contributed by atoms with E-state index in [0.717, 1.165) is 32.6 Å². The Balaban J connectivity index is 1.79. The summed E-state index contributed by atoms with van der Waals surface area (Å²) in [7, 11) is -3.13. The summed E-state index contributed by atoms with van der Waals surface area (Å²) in [6.45, 7) is 6.04. The number of piperazine rings is 1. The molecule has 0 unspecified atom stereocenters. The minimum Gasteiger partial charge on any atom is -0.339 e. The summed E-state index contributed by atoms with van der Waals surface area (Å²) in [6, 6.07) is 0. The van der Waals surface area contributed by atoms with Crippen molar-refractivity contribution >= 4 is 15.9 Å². The Bertz CT molecular complexity index is 424. The lowest BCUT2D eigenvalue weighted by Gasteiger charge is -2.34. The minimum atomic E-state index is -3.13. The highest BCUT2D eigenvalue weighted by molar-refractivity contribution is 7.88. The van der Waals surface area contributed by atoms with Crippen molar-refractivity contribution in [2.45, 2.75) is 6.42 Å². The van der Waals surface area contributed by atoms with Crippen LogP contribution in [-0.4, -0.2) is 93.6 Å². The van der Waals surface area contributed by atoms with E-state index in [1.165, 1.54) is 10.6 Å². The van der Waals surface area contributed by atoms with Crippen molar-refractivity contribution in [3.8, 4) is 0 Å². The predicted octanol–water partition coefficient (Wildman–Crippen LogP) is -1.61. The zero-order chi connectivity index (χ0) is 14.6. The van der Waals surface area contributed by atoms with Crippen LogP contribution in [-0.2, 0) is 14.8 Å². The molecule has 1 N–H and O–H groups in total. The van der Waals surface area contributed by atoms with Crippen molar-refractivity contribution in [2.24, 2.45) is 0 Å². The lowest BCUT2D eigenvalue weighted by molar-refractivity contribution is -0.133. The van der Waals surface area contributed by atoms with Gasteiger partial charge < -0.3 is 10.2 Å². The molecule has 1 amide bonds. The molecule has 0 bridgehead atoms. The fraction of sp³-hybridized carbons (Fsp3) is 0.917. The highest BCUT2D eigenvalue weighted by Gasteiger charge is 2.26. The van der Waals surface area contributed by atoms with Gasteiger partial charge in [-0.2, -0.15) is 4.31 Å². The van der Waals surface area contributed by atoms with Crippen LogP contribution in [0.2, 0.25) is 0 Å². The van der Waals surface area contributed by atoms with E-state index in [4.69, 9.17) is 0 Å². The summed E-state index contributed by atoms with van der Waals surface area (Å²) in [5.74, 6) is 0.111. The van der Waals surface area contributed by atoms with Crippen molar-refractivity contribution < 1.29 is 13.2 Å². The number of sulfonamides is 1. The Morgan fingerprint density at radius 3 is 2.40 bits per heavy atom. The highest BCUT2D eigenvalue weighted by atomic mass is 32.2. The first-order valence-corrected chi connectivity index (χ1v) is 8.97. The summed E-state index contributed by atoms with van der Waals surface area (Å²) in [5, 5.41) is 3.31. The smallest absolute Gasteiger partial charge is 0.236 e. The summed E-state index contributed by atoms with van der Waals surface area (Å²) in [4.78, 5) is 16.2. The molecule has 0 aromatic carbocycles. The summed E-state index contributed by atoms with van der Waals surface area (Å²) < 4.78 is 24.3. The van der Waals surface area contributed by atoms with Gasteiger partial charge in [0.25, 0.3) is 0 Å². The number of hydrogen-bond acceptors (Lipinski definition) is 5. The molecule has 2 saturated heterocycles. The number of carbonyl (C=O) groups is 1. The zero-order valence-corrected chi connectivity index (χ0v) is 12.9. The molecule has 0 spiro atoms. The lowest BCUT2D eigenvalue weighted by atomic mass is 10.3. The summed E-state index contributed by atoms with van der Waals surface area (Å²) in [5.41, 5.74) is 0. The molecule has 2 rings (SSSR count). The molecule has 7 nitrogen and oxygen atoms in total. The largest absolute Gasteiger partial charge is 0.339 e. The summed E-state index contributed by atoms with van der Waals surface area (Å²) >= 11 is 0. The number of nitrogens with zero attached hydrogens (tertiary/aromatic N) is 3. The van der Waals surface area contributed by atoms with E-state index in [1.54, 1.807) is 4.90 Å². The Morgan fingerprint density at radius 2 is 1.75 bits per heavy atom. The first-order chi connectivity index (χ1) is 9.47. The normalized spacial score (nSPS) is 23.6. The Kier molecular flexibility index (Phi) is 5.36. The van der Waals surface area contributed by atoms with Gasteiger partial charge in [0.15, 0.2) is 0 Å². The van der Waals surface area contributed by atoms with E-state index in [9.17, 15) is 13.2 Å². The first kappa shape index (κ1) is 15.7. The molecule has 2 fully saturated rings. The lowest BCUT2D eigenvalue weighted by Crippen LogP contribution is -2.52. The van der Waals surface area contributed by atoms with Crippen molar-refractivity contribution in [2.75, 3.05) is 65.2 Å². The van der Waals surface area contributed by atoms with E-state index < -0.39 is 10.0 Å². The third kappa shape index (κ3) is 4.41. The second-order valence-electron chi connectivity index (χ2n) is 5.42. The van der Waals surface area contributed by atoms with Crippen LogP contribution in [0.4, 0.5) is 0 Å². The average molecular weight is 304 g/mol. The van der Waals surface area contributed by atoms with Crippen LogP contribution in [0.5, 0.6) is 0 Å². The maximum Gasteiger partial charge on any atom is 0.236 e. The molecule has 0 saturated carbocycles. The molecule has 0 aromatic rings. The number of amides is 1. The Hall–Kier alpha value is -0.700. The second kappa shape index (κ2) is 6.84. The van der Waals surface area contributed by atoms with Gasteiger partial charge in [0.05, 0.1) is 12.8 Å². The van der Waals surface area contributed by atoms with Gasteiger partial charge in [-0.15, -0.1) is 0 Å². The van der Waals surface area contributed by atoms with Gasteiger partial charge in [0.1, 0.15) is 0 Å². The van der Waals surface area contributed by atoms with E-state index in [-0.39, 0.29) is 5.91 Å². The number of nitrogens with one attached hydrogen (secondary N) is 1. The molecule has 0 aromatic heterocycles. The van der Waals surface area contributed by atoms with Crippen molar-refractivity contribution in [1.29, 1.82) is 0 Å². The van der Waals surface area contributed by atoms with E-state index in [0.29, 0.717) is 32.7 Å². The maximum atomic E-state index is 12.2. The van der Waals surface area contributed by atoms with Gasteiger partial charge in [0.2, 0.25) is 15.9 Å². The van der Waals surface area contributed by atoms with E-state index in [1.807, 2.05) is 0 Å². The Morgan fingerprint density at radius 1 is 1.05 bits per heavy atom. The van der Waals surface area contributed by atoms with Crippen LogP contribution >= 0.6 is 0 Å². The molecule has 0 radical (unpaired) electrons. The standard InChI is InChI=1S/C12H24N4O3S/c1-20(18,19)16-9-7-15(8-10-16)12(17)11-14-5-2-3-13-4-6-14/h13H,2-11H2,1H3. The third-order valence-electron chi connectivity index (χ3n) is 3.85. The minimum absolute atomic E-state index is 0.111. The van der Waals surface area contributed by atoms with Crippen LogP contribution < -0.4 is 5.32 Å². The van der Waals surface area contributed by atoms with E-state index >= 15 is 0 Å². The number of hydrogen-bond donors (Lipinski definition) is 1. The highest BCUT2D eigenvalue weighted by Crippen LogP contribution is 2.07. The topological polar surface area (TPSA) is 73.0 Å². The van der Waals surface area contributed by atoms with Crippen molar-refractivity contribution in [1.82, 2.24) is 19.4 Å². The number of rotatable bonds is 3. The molecule has 2 heterocycles. The van der Waals surface area contributed by atoms with Gasteiger partial charge in [-0.05, 0) is 19.5 Å². The van der Waals surface area contributed by atoms with Crippen LogP contribution in [0, 0.1) is 0 Å². The monoisotopic (exact) mass is 304 g/mol. The third-order valence-corrected chi connectivity index (χ3v) is 5.16. The van der Waals surface area contributed by atoms with Crippen LogP contribution in [0.15, 0.2) is 0 Å². The Labute approximate surface area is 120 Å². The molecule has 20 heavy (non-hydrogen) atoms. The molecule has 0 atom stereocenters. The van der Waals surface area contributed by atoms with Crippen molar-refractivity contribution in [3.05, 3.63) is 0 Å². The predicted molar refractivity (Wildman–Crippen MR) is 76.9 cm³/mol. The molecule has 116 valence electrons. The van der Waals surface area contributed by atoms with Gasteiger partial charge in [0, 0.05) is 39.3 Å². The van der Waals surface area contributed by atoms with Gasteiger partial charge >= 0.3 is 0 Å². The van der Waals surface area contributed by atoms with Gasteiger partial charge in [-0.3, -0.25) is 9.69 Å². The second-order valence-corrected chi connectivity index (χ2v) is 7.40. The molecule has 2 aliphatic rings. The van der Waals surface area contributed by atoms with Gasteiger partial charge in [-0.25, -0.2) is 8.42 Å². The average Bonchev–Trinajstić information content (AvgIpc) is 2.66. The van der Waals surface area contributed by atoms with Gasteiger partial charge in [-0.1, -0.05) is 0 Å². The molecular weight excluding hydrogens is 280 g/mol.